The van der Waals surface area contributed by atoms with Crippen LogP contribution in [0.1, 0.15) is 24.1 Å². The van der Waals surface area contributed by atoms with E-state index in [1.807, 2.05) is 24.0 Å². The van der Waals surface area contributed by atoms with Crippen LogP contribution < -0.4 is 5.56 Å². The lowest BCUT2D eigenvalue weighted by atomic mass is 10.2. The molecular weight excluding hydrogens is 282 g/mol. The highest BCUT2D eigenvalue weighted by atomic mass is 16.5. The number of aromatic nitrogens is 2. The quantitative estimate of drug-likeness (QED) is 0.796. The van der Waals surface area contributed by atoms with Gasteiger partial charge in [0.15, 0.2) is 0 Å². The summed E-state index contributed by atoms with van der Waals surface area (Å²) in [4.78, 5) is 30.6. The number of methoxy groups -OCH3 is 1. The van der Waals surface area contributed by atoms with Crippen LogP contribution in [0, 0.1) is 6.92 Å². The number of hydrogen-bond donors (Lipinski definition) is 0. The Hall–Kier alpha value is -2.21. The van der Waals surface area contributed by atoms with Crippen molar-refractivity contribution in [3.05, 3.63) is 46.0 Å². The lowest BCUT2D eigenvalue weighted by Crippen LogP contribution is -2.36. The summed E-state index contributed by atoms with van der Waals surface area (Å²) in [6.45, 7) is 3.23. The Labute approximate surface area is 128 Å². The molecule has 6 nitrogen and oxygen atoms in total. The predicted octanol–water partition coefficient (Wildman–Crippen LogP) is 1.14. The van der Waals surface area contributed by atoms with Crippen molar-refractivity contribution < 1.29 is 9.53 Å². The van der Waals surface area contributed by atoms with Gasteiger partial charge in [0, 0.05) is 18.8 Å². The second kappa shape index (κ2) is 5.88. The average Bonchev–Trinajstić information content (AvgIpc) is 2.96. The van der Waals surface area contributed by atoms with Crippen molar-refractivity contribution in [2.45, 2.75) is 32.4 Å². The van der Waals surface area contributed by atoms with Crippen molar-refractivity contribution >= 4 is 11.6 Å². The minimum atomic E-state index is -0.234. The lowest BCUT2D eigenvalue weighted by Gasteiger charge is -2.21. The molecule has 0 aromatic carbocycles. The highest BCUT2D eigenvalue weighted by molar-refractivity contribution is 5.75. The molecule has 3 heterocycles. The number of carbonyl (C=O) groups is 1. The van der Waals surface area contributed by atoms with Crippen molar-refractivity contribution in [2.24, 2.45) is 0 Å². The van der Waals surface area contributed by atoms with Gasteiger partial charge in [-0.2, -0.15) is 0 Å². The number of likely N-dealkylation sites (tertiary alicyclic amines) is 1. The Balaban J connectivity index is 1.93. The molecule has 0 amide bonds. The van der Waals surface area contributed by atoms with Gasteiger partial charge < -0.3 is 4.74 Å². The highest BCUT2D eigenvalue weighted by Crippen LogP contribution is 2.20. The molecule has 6 heteroatoms. The van der Waals surface area contributed by atoms with E-state index < -0.39 is 0 Å². The van der Waals surface area contributed by atoms with Crippen LogP contribution in [0.2, 0.25) is 0 Å². The lowest BCUT2D eigenvalue weighted by molar-refractivity contribution is -0.146. The normalized spacial score (nSPS) is 18.7. The Morgan fingerprint density at radius 3 is 3.09 bits per heavy atom. The molecule has 1 aliphatic heterocycles. The molecule has 1 fully saturated rings. The average molecular weight is 301 g/mol. The maximum Gasteiger partial charge on any atom is 0.323 e. The molecule has 0 radical (unpaired) electrons. The molecule has 1 saturated heterocycles. The van der Waals surface area contributed by atoms with Gasteiger partial charge in [-0.25, -0.2) is 4.98 Å². The number of carbonyl (C=O) groups excluding carboxylic acids is 1. The third-order valence-electron chi connectivity index (χ3n) is 4.14. The van der Waals surface area contributed by atoms with E-state index in [1.165, 1.54) is 7.11 Å². The monoisotopic (exact) mass is 301 g/mol. The SMILES string of the molecule is COC(=O)C1CCCN1Cc1cc(=O)n2cccc(C)c2n1. The summed E-state index contributed by atoms with van der Waals surface area (Å²) in [6, 6.07) is 5.07. The summed E-state index contributed by atoms with van der Waals surface area (Å²) in [5.74, 6) is -0.216. The first kappa shape index (κ1) is 14.7. The van der Waals surface area contributed by atoms with Crippen LogP contribution in [0.25, 0.3) is 5.65 Å². The van der Waals surface area contributed by atoms with Gasteiger partial charge in [-0.15, -0.1) is 0 Å². The molecule has 0 N–H and O–H groups in total. The number of aryl methyl sites for hydroxylation is 1. The van der Waals surface area contributed by atoms with Gasteiger partial charge in [-0.05, 0) is 37.9 Å². The maximum absolute atomic E-state index is 12.2. The number of rotatable bonds is 3. The molecule has 2 aromatic heterocycles. The van der Waals surface area contributed by atoms with Gasteiger partial charge >= 0.3 is 5.97 Å². The molecule has 0 spiro atoms. The van der Waals surface area contributed by atoms with E-state index in [2.05, 4.69) is 4.98 Å². The molecule has 22 heavy (non-hydrogen) atoms. The third kappa shape index (κ3) is 2.62. The molecule has 0 saturated carbocycles. The molecular formula is C16H19N3O3. The van der Waals surface area contributed by atoms with Crippen molar-refractivity contribution in [3.63, 3.8) is 0 Å². The van der Waals surface area contributed by atoms with Crippen LogP contribution in [-0.4, -0.2) is 40.0 Å². The molecule has 1 atom stereocenters. The van der Waals surface area contributed by atoms with E-state index in [1.54, 1.807) is 16.7 Å². The summed E-state index contributed by atoms with van der Waals surface area (Å²) in [7, 11) is 1.41. The van der Waals surface area contributed by atoms with Crippen LogP contribution in [0.5, 0.6) is 0 Å². The smallest absolute Gasteiger partial charge is 0.323 e. The molecule has 2 aromatic rings. The Bertz CT molecular complexity index is 769. The van der Waals surface area contributed by atoms with E-state index >= 15 is 0 Å². The number of fused-ring (bicyclic) bond motifs is 1. The first-order valence-electron chi connectivity index (χ1n) is 7.40. The zero-order chi connectivity index (χ0) is 15.7. The molecule has 0 aliphatic carbocycles. The van der Waals surface area contributed by atoms with Gasteiger partial charge in [-0.3, -0.25) is 18.9 Å². The maximum atomic E-state index is 12.2. The minimum absolute atomic E-state index is 0.0995. The Kier molecular flexibility index (Phi) is 3.94. The van der Waals surface area contributed by atoms with E-state index in [0.717, 1.165) is 24.9 Å². The van der Waals surface area contributed by atoms with Crippen molar-refractivity contribution in [3.8, 4) is 0 Å². The van der Waals surface area contributed by atoms with Gasteiger partial charge in [-0.1, -0.05) is 6.07 Å². The summed E-state index contributed by atoms with van der Waals surface area (Å²) in [5.41, 5.74) is 2.21. The number of nitrogens with zero attached hydrogens (tertiary/aromatic N) is 3. The van der Waals surface area contributed by atoms with Crippen LogP contribution in [0.3, 0.4) is 0 Å². The van der Waals surface area contributed by atoms with Crippen LogP contribution in [-0.2, 0) is 16.1 Å². The third-order valence-corrected chi connectivity index (χ3v) is 4.14. The van der Waals surface area contributed by atoms with Gasteiger partial charge in [0.2, 0.25) is 0 Å². The molecule has 116 valence electrons. The Morgan fingerprint density at radius 1 is 1.50 bits per heavy atom. The zero-order valence-electron chi connectivity index (χ0n) is 12.8. The van der Waals surface area contributed by atoms with E-state index in [0.29, 0.717) is 17.9 Å². The first-order valence-corrected chi connectivity index (χ1v) is 7.40. The molecule has 3 rings (SSSR count). The van der Waals surface area contributed by atoms with Crippen molar-refractivity contribution in [1.82, 2.24) is 14.3 Å². The fourth-order valence-electron chi connectivity index (χ4n) is 3.02. The second-order valence-corrected chi connectivity index (χ2v) is 5.62. The van der Waals surface area contributed by atoms with E-state index in [-0.39, 0.29) is 17.6 Å². The predicted molar refractivity (Wildman–Crippen MR) is 81.6 cm³/mol. The number of esters is 1. The standard InChI is InChI=1S/C16H19N3O3/c1-11-5-3-8-19-14(20)9-12(17-15(11)19)10-18-7-4-6-13(18)16(21)22-2/h3,5,8-9,13H,4,6-7,10H2,1-2H3. The van der Waals surface area contributed by atoms with E-state index in [4.69, 9.17) is 4.74 Å². The van der Waals surface area contributed by atoms with Crippen LogP contribution in [0.4, 0.5) is 0 Å². The number of pyridine rings is 1. The van der Waals surface area contributed by atoms with Crippen LogP contribution in [0.15, 0.2) is 29.2 Å². The summed E-state index contributed by atoms with van der Waals surface area (Å²) < 4.78 is 6.39. The minimum Gasteiger partial charge on any atom is -0.468 e. The summed E-state index contributed by atoms with van der Waals surface area (Å²) >= 11 is 0. The molecule has 1 aliphatic rings. The zero-order valence-corrected chi connectivity index (χ0v) is 12.8. The van der Waals surface area contributed by atoms with Gasteiger partial charge in [0.1, 0.15) is 11.7 Å². The largest absolute Gasteiger partial charge is 0.468 e. The topological polar surface area (TPSA) is 63.9 Å². The van der Waals surface area contributed by atoms with E-state index in [9.17, 15) is 9.59 Å². The van der Waals surface area contributed by atoms with Gasteiger partial charge in [0.25, 0.3) is 5.56 Å². The summed E-state index contributed by atoms with van der Waals surface area (Å²) in [5, 5.41) is 0. The second-order valence-electron chi connectivity index (χ2n) is 5.62. The number of hydrogen-bond acceptors (Lipinski definition) is 5. The Morgan fingerprint density at radius 2 is 2.32 bits per heavy atom. The first-order chi connectivity index (χ1) is 10.6. The molecule has 0 bridgehead atoms. The fourth-order valence-corrected chi connectivity index (χ4v) is 3.02. The van der Waals surface area contributed by atoms with Gasteiger partial charge in [0.05, 0.1) is 12.8 Å². The molecule has 1 unspecified atom stereocenters. The van der Waals surface area contributed by atoms with Crippen molar-refractivity contribution in [1.29, 1.82) is 0 Å². The highest BCUT2D eigenvalue weighted by Gasteiger charge is 2.31. The fraction of sp³-hybridized carbons (Fsp3) is 0.438. The van der Waals surface area contributed by atoms with Crippen LogP contribution >= 0.6 is 0 Å². The summed E-state index contributed by atoms with van der Waals surface area (Å²) in [6.07, 6.45) is 3.46. The number of ether oxygens (including phenoxy) is 1. The van der Waals surface area contributed by atoms with Crippen molar-refractivity contribution in [2.75, 3.05) is 13.7 Å².